The summed E-state index contributed by atoms with van der Waals surface area (Å²) < 4.78 is 0.574. The van der Waals surface area contributed by atoms with Crippen molar-refractivity contribution in [1.82, 2.24) is 10.3 Å². The number of hydrogen-bond acceptors (Lipinski definition) is 4. The van der Waals surface area contributed by atoms with Crippen LogP contribution in [0.2, 0.25) is 0 Å². The fourth-order valence-corrected chi connectivity index (χ4v) is 1.74. The molecule has 0 aliphatic rings. The molecule has 0 radical (unpaired) electrons. The highest BCUT2D eigenvalue weighted by atomic mass is 16.5. The summed E-state index contributed by atoms with van der Waals surface area (Å²) in [4.78, 5) is 16.0. The number of hydrogen-bond donors (Lipinski definition) is 2. The maximum Gasteiger partial charge on any atom is 0.319 e. The Balaban J connectivity index is 2.53. The van der Waals surface area contributed by atoms with Gasteiger partial charge in [-0.1, -0.05) is 12.1 Å². The number of para-hydroxylation sites is 2. The van der Waals surface area contributed by atoms with Gasteiger partial charge in [-0.2, -0.15) is 4.73 Å². The van der Waals surface area contributed by atoms with Crippen molar-refractivity contribution >= 4 is 16.9 Å². The van der Waals surface area contributed by atoms with Crippen LogP contribution in [0.25, 0.3) is 11.0 Å². The lowest BCUT2D eigenvalue weighted by Gasteiger charge is -2.09. The van der Waals surface area contributed by atoms with Gasteiger partial charge in [0.05, 0.1) is 6.61 Å². The summed E-state index contributed by atoms with van der Waals surface area (Å²) in [5, 5.41) is 23.2. The van der Waals surface area contributed by atoms with E-state index in [1.165, 1.54) is 0 Å². The number of nitrogens with zero attached hydrogens (tertiary/aromatic N) is 2. The predicted octanol–water partition coefficient (Wildman–Crippen LogP) is -0.101. The molecule has 2 rings (SSSR count). The van der Waals surface area contributed by atoms with Crippen molar-refractivity contribution in [1.29, 1.82) is 0 Å². The zero-order valence-corrected chi connectivity index (χ0v) is 9.88. The van der Waals surface area contributed by atoms with Crippen LogP contribution in [0.15, 0.2) is 24.3 Å². The van der Waals surface area contributed by atoms with Crippen LogP contribution in [-0.2, 0) is 0 Å². The molecule has 0 saturated heterocycles. The Morgan fingerprint density at radius 2 is 2.22 bits per heavy atom. The minimum absolute atomic E-state index is 0.0397. The summed E-state index contributed by atoms with van der Waals surface area (Å²) in [5.74, 6) is -0.533. The SMILES string of the molecule is Cc1nc2ccccc2[n+]([O-])c1C(=O)NCCO. The topological polar surface area (TPSA) is 89.2 Å². The van der Waals surface area contributed by atoms with Crippen LogP contribution >= 0.6 is 0 Å². The van der Waals surface area contributed by atoms with Gasteiger partial charge in [0.25, 0.3) is 0 Å². The normalized spacial score (nSPS) is 10.6. The molecule has 94 valence electrons. The smallest absolute Gasteiger partial charge is 0.319 e. The Morgan fingerprint density at radius 3 is 2.94 bits per heavy atom. The van der Waals surface area contributed by atoms with Crippen molar-refractivity contribution in [2.24, 2.45) is 0 Å². The molecule has 0 aliphatic heterocycles. The third kappa shape index (κ3) is 2.10. The molecule has 1 amide bonds. The number of aryl methyl sites for hydroxylation is 1. The monoisotopic (exact) mass is 247 g/mol. The maximum absolute atomic E-state index is 12.1. The number of aromatic nitrogens is 2. The molecule has 0 fully saturated rings. The van der Waals surface area contributed by atoms with Crippen molar-refractivity contribution in [3.8, 4) is 0 Å². The molecule has 0 unspecified atom stereocenters. The van der Waals surface area contributed by atoms with Gasteiger partial charge in [-0.3, -0.25) is 4.79 Å². The Kier molecular flexibility index (Phi) is 3.38. The summed E-state index contributed by atoms with van der Waals surface area (Å²) in [5.41, 5.74) is 1.21. The Morgan fingerprint density at radius 1 is 1.50 bits per heavy atom. The molecule has 1 aromatic heterocycles. The third-order valence-corrected chi connectivity index (χ3v) is 2.55. The molecule has 0 saturated carbocycles. The third-order valence-electron chi connectivity index (χ3n) is 2.55. The second-order valence-corrected chi connectivity index (χ2v) is 3.81. The van der Waals surface area contributed by atoms with Gasteiger partial charge in [0, 0.05) is 12.6 Å². The first-order valence-corrected chi connectivity index (χ1v) is 5.53. The molecule has 2 aromatic rings. The molecule has 2 N–H and O–H groups in total. The van der Waals surface area contributed by atoms with Gasteiger partial charge < -0.3 is 15.6 Å². The van der Waals surface area contributed by atoms with Gasteiger partial charge in [-0.25, -0.2) is 4.98 Å². The Labute approximate surface area is 103 Å². The molecule has 18 heavy (non-hydrogen) atoms. The van der Waals surface area contributed by atoms with Crippen LogP contribution in [-0.4, -0.2) is 29.1 Å². The van der Waals surface area contributed by atoms with E-state index in [-0.39, 0.29) is 18.8 Å². The van der Waals surface area contributed by atoms with Crippen LogP contribution in [0.3, 0.4) is 0 Å². The number of nitrogens with one attached hydrogen (secondary N) is 1. The minimum Gasteiger partial charge on any atom is -0.618 e. The van der Waals surface area contributed by atoms with E-state index in [0.29, 0.717) is 21.5 Å². The molecule has 6 nitrogen and oxygen atoms in total. The van der Waals surface area contributed by atoms with Gasteiger partial charge in [0.2, 0.25) is 5.52 Å². The maximum atomic E-state index is 12.1. The van der Waals surface area contributed by atoms with Crippen molar-refractivity contribution < 1.29 is 14.6 Å². The van der Waals surface area contributed by atoms with Crippen molar-refractivity contribution in [3.63, 3.8) is 0 Å². The summed E-state index contributed by atoms with van der Waals surface area (Å²) in [6.07, 6.45) is 0. The first-order valence-electron chi connectivity index (χ1n) is 5.53. The quantitative estimate of drug-likeness (QED) is 0.585. The number of amides is 1. The average molecular weight is 247 g/mol. The van der Waals surface area contributed by atoms with Gasteiger partial charge in [0.15, 0.2) is 0 Å². The number of aliphatic hydroxyl groups excluding tert-OH is 1. The molecule has 6 heteroatoms. The van der Waals surface area contributed by atoms with Crippen LogP contribution in [0, 0.1) is 12.1 Å². The minimum atomic E-state index is -0.533. The molecule has 0 bridgehead atoms. The van der Waals surface area contributed by atoms with E-state index in [1.54, 1.807) is 31.2 Å². The summed E-state index contributed by atoms with van der Waals surface area (Å²) >= 11 is 0. The van der Waals surface area contributed by atoms with Crippen LogP contribution in [0.4, 0.5) is 0 Å². The second kappa shape index (κ2) is 4.97. The average Bonchev–Trinajstić information content (AvgIpc) is 2.36. The van der Waals surface area contributed by atoms with Gasteiger partial charge in [-0.15, -0.1) is 0 Å². The number of fused-ring (bicyclic) bond motifs is 1. The van der Waals surface area contributed by atoms with Gasteiger partial charge >= 0.3 is 11.6 Å². The highest BCUT2D eigenvalue weighted by Gasteiger charge is 2.22. The summed E-state index contributed by atoms with van der Waals surface area (Å²) in [6, 6.07) is 6.81. The zero-order chi connectivity index (χ0) is 13.1. The predicted molar refractivity (Wildman–Crippen MR) is 64.9 cm³/mol. The molecule has 0 spiro atoms. The molecule has 0 atom stereocenters. The fraction of sp³-hybridized carbons (Fsp3) is 0.250. The van der Waals surface area contributed by atoms with Crippen molar-refractivity contribution in [3.05, 3.63) is 40.9 Å². The lowest BCUT2D eigenvalue weighted by molar-refractivity contribution is -0.580. The van der Waals surface area contributed by atoms with E-state index >= 15 is 0 Å². The number of rotatable bonds is 3. The molecule has 1 heterocycles. The highest BCUT2D eigenvalue weighted by molar-refractivity contribution is 5.92. The lowest BCUT2D eigenvalue weighted by Crippen LogP contribution is -2.42. The fourth-order valence-electron chi connectivity index (χ4n) is 1.74. The van der Waals surface area contributed by atoms with E-state index in [9.17, 15) is 10.0 Å². The number of carbonyl (C=O) groups excluding carboxylic acids is 1. The lowest BCUT2D eigenvalue weighted by atomic mass is 10.2. The molecule has 0 aliphatic carbocycles. The molecular formula is C12H13N3O3. The standard InChI is InChI=1S/C12H13N3O3/c1-8-11(12(17)13-6-7-16)15(18)10-5-3-2-4-9(10)14-8/h2-5,16H,6-7H2,1H3,(H,13,17). The first-order chi connectivity index (χ1) is 8.65. The Hall–Kier alpha value is -2.21. The number of aliphatic hydroxyl groups is 1. The van der Waals surface area contributed by atoms with Crippen molar-refractivity contribution in [2.45, 2.75) is 6.92 Å². The second-order valence-electron chi connectivity index (χ2n) is 3.81. The van der Waals surface area contributed by atoms with E-state index in [4.69, 9.17) is 5.11 Å². The number of carbonyl (C=O) groups is 1. The summed E-state index contributed by atoms with van der Waals surface area (Å²) in [6.45, 7) is 1.53. The number of benzene rings is 1. The zero-order valence-electron chi connectivity index (χ0n) is 9.88. The van der Waals surface area contributed by atoms with Crippen LogP contribution in [0.5, 0.6) is 0 Å². The van der Waals surface area contributed by atoms with E-state index in [2.05, 4.69) is 10.3 Å². The van der Waals surface area contributed by atoms with E-state index in [0.717, 1.165) is 0 Å². The van der Waals surface area contributed by atoms with Crippen LogP contribution < -0.4 is 10.0 Å². The van der Waals surface area contributed by atoms with Crippen molar-refractivity contribution in [2.75, 3.05) is 13.2 Å². The molecule has 1 aromatic carbocycles. The summed E-state index contributed by atoms with van der Waals surface area (Å²) in [7, 11) is 0. The largest absolute Gasteiger partial charge is 0.618 e. The van der Waals surface area contributed by atoms with Gasteiger partial charge in [-0.05, 0) is 13.0 Å². The van der Waals surface area contributed by atoms with Crippen LogP contribution in [0.1, 0.15) is 16.2 Å². The van der Waals surface area contributed by atoms with E-state index < -0.39 is 5.91 Å². The highest BCUT2D eigenvalue weighted by Crippen LogP contribution is 2.10. The van der Waals surface area contributed by atoms with E-state index in [1.807, 2.05) is 0 Å². The van der Waals surface area contributed by atoms with Gasteiger partial charge in [0.1, 0.15) is 11.2 Å². The Bertz CT molecular complexity index is 598. The molecular weight excluding hydrogens is 234 g/mol. The first kappa shape index (κ1) is 12.3.